The second-order valence-corrected chi connectivity index (χ2v) is 5.38. The molecule has 2 rings (SSSR count). The molecule has 1 aliphatic heterocycles. The Morgan fingerprint density at radius 3 is 2.39 bits per heavy atom. The van der Waals surface area contributed by atoms with Crippen LogP contribution in [0.2, 0.25) is 0 Å². The Labute approximate surface area is 110 Å². The topological polar surface area (TPSA) is 20.3 Å². The van der Waals surface area contributed by atoms with Crippen molar-refractivity contribution in [2.24, 2.45) is 5.92 Å². The van der Waals surface area contributed by atoms with Crippen LogP contribution < -0.4 is 0 Å². The van der Waals surface area contributed by atoms with Gasteiger partial charge >= 0.3 is 0 Å². The molecule has 2 nitrogen and oxygen atoms in total. The quantitative estimate of drug-likeness (QED) is 0.793. The van der Waals surface area contributed by atoms with E-state index in [2.05, 4.69) is 37.8 Å². The fourth-order valence-corrected chi connectivity index (χ4v) is 3.42. The van der Waals surface area contributed by atoms with Crippen molar-refractivity contribution >= 4 is 5.91 Å². The van der Waals surface area contributed by atoms with Gasteiger partial charge < -0.3 is 4.90 Å². The molecule has 0 N–H and O–H groups in total. The smallest absolute Gasteiger partial charge is 0.223 e. The SMILES string of the molecule is CCC1(CC)C(C)CC(=O)N1Cc1ccccc1. The third kappa shape index (κ3) is 2.05. The molecule has 0 aromatic heterocycles. The maximum atomic E-state index is 12.2. The molecule has 1 aromatic rings. The van der Waals surface area contributed by atoms with Gasteiger partial charge in [0.15, 0.2) is 0 Å². The average molecular weight is 245 g/mol. The molecule has 2 heteroatoms. The van der Waals surface area contributed by atoms with Crippen molar-refractivity contribution in [3.63, 3.8) is 0 Å². The fraction of sp³-hybridized carbons (Fsp3) is 0.562. The molecule has 1 aliphatic rings. The van der Waals surface area contributed by atoms with Gasteiger partial charge in [-0.25, -0.2) is 0 Å². The summed E-state index contributed by atoms with van der Waals surface area (Å²) in [5.41, 5.74) is 1.29. The molecule has 1 saturated heterocycles. The van der Waals surface area contributed by atoms with Gasteiger partial charge in [-0.2, -0.15) is 0 Å². The molecule has 0 aliphatic carbocycles. The fourth-order valence-electron chi connectivity index (χ4n) is 3.42. The zero-order chi connectivity index (χ0) is 13.2. The van der Waals surface area contributed by atoms with Crippen molar-refractivity contribution in [1.29, 1.82) is 0 Å². The van der Waals surface area contributed by atoms with Gasteiger partial charge in [-0.05, 0) is 24.3 Å². The minimum Gasteiger partial charge on any atom is -0.332 e. The first-order valence-electron chi connectivity index (χ1n) is 6.98. The molecule has 98 valence electrons. The second kappa shape index (κ2) is 5.13. The molecule has 1 atom stereocenters. The molecule has 0 bridgehead atoms. The summed E-state index contributed by atoms with van der Waals surface area (Å²) < 4.78 is 0. The summed E-state index contributed by atoms with van der Waals surface area (Å²) in [6.45, 7) is 7.38. The Morgan fingerprint density at radius 1 is 1.22 bits per heavy atom. The van der Waals surface area contributed by atoms with Crippen molar-refractivity contribution in [2.45, 2.75) is 52.1 Å². The minimum absolute atomic E-state index is 0.0624. The van der Waals surface area contributed by atoms with Crippen LogP contribution in [0.5, 0.6) is 0 Å². The molecule has 1 aromatic carbocycles. The maximum Gasteiger partial charge on any atom is 0.223 e. The highest BCUT2D eigenvalue weighted by Crippen LogP contribution is 2.41. The van der Waals surface area contributed by atoms with Crippen LogP contribution in [0.4, 0.5) is 0 Å². The van der Waals surface area contributed by atoms with Gasteiger partial charge in [0.25, 0.3) is 0 Å². The van der Waals surface area contributed by atoms with Crippen LogP contribution in [0.15, 0.2) is 30.3 Å². The van der Waals surface area contributed by atoms with E-state index in [9.17, 15) is 4.79 Å². The van der Waals surface area contributed by atoms with E-state index in [1.807, 2.05) is 18.2 Å². The number of nitrogens with zero attached hydrogens (tertiary/aromatic N) is 1. The van der Waals surface area contributed by atoms with E-state index in [0.717, 1.165) is 19.4 Å². The van der Waals surface area contributed by atoms with Crippen LogP contribution in [0, 0.1) is 5.92 Å². The van der Waals surface area contributed by atoms with Crippen molar-refractivity contribution in [3.05, 3.63) is 35.9 Å². The van der Waals surface area contributed by atoms with Gasteiger partial charge in [0.05, 0.1) is 0 Å². The second-order valence-electron chi connectivity index (χ2n) is 5.38. The maximum absolute atomic E-state index is 12.2. The Hall–Kier alpha value is -1.31. The molecule has 0 saturated carbocycles. The molecular formula is C16H23NO. The van der Waals surface area contributed by atoms with Crippen molar-refractivity contribution in [2.75, 3.05) is 0 Å². The summed E-state index contributed by atoms with van der Waals surface area (Å²) >= 11 is 0. The van der Waals surface area contributed by atoms with E-state index in [-0.39, 0.29) is 5.54 Å². The number of benzene rings is 1. The van der Waals surface area contributed by atoms with Crippen LogP contribution >= 0.6 is 0 Å². The van der Waals surface area contributed by atoms with Crippen LogP contribution in [0.3, 0.4) is 0 Å². The number of amides is 1. The van der Waals surface area contributed by atoms with Crippen LogP contribution in [0.25, 0.3) is 0 Å². The highest BCUT2D eigenvalue weighted by atomic mass is 16.2. The van der Waals surface area contributed by atoms with Gasteiger partial charge in [-0.15, -0.1) is 0 Å². The molecule has 1 fully saturated rings. The molecular weight excluding hydrogens is 222 g/mol. The van der Waals surface area contributed by atoms with Gasteiger partial charge in [-0.3, -0.25) is 4.79 Å². The van der Waals surface area contributed by atoms with E-state index < -0.39 is 0 Å². The summed E-state index contributed by atoms with van der Waals surface area (Å²) in [5.74, 6) is 0.777. The zero-order valence-electron chi connectivity index (χ0n) is 11.6. The lowest BCUT2D eigenvalue weighted by molar-refractivity contribution is -0.132. The first-order chi connectivity index (χ1) is 8.64. The first kappa shape index (κ1) is 13.1. The normalized spacial score (nSPS) is 22.5. The number of hydrogen-bond acceptors (Lipinski definition) is 1. The number of carbonyl (C=O) groups excluding carboxylic acids is 1. The Balaban J connectivity index is 2.26. The number of carbonyl (C=O) groups is 1. The van der Waals surface area contributed by atoms with Crippen molar-refractivity contribution in [3.8, 4) is 0 Å². The van der Waals surface area contributed by atoms with E-state index in [4.69, 9.17) is 0 Å². The van der Waals surface area contributed by atoms with Gasteiger partial charge in [0.2, 0.25) is 5.91 Å². The number of hydrogen-bond donors (Lipinski definition) is 0. The highest BCUT2D eigenvalue weighted by molar-refractivity contribution is 5.80. The molecule has 0 radical (unpaired) electrons. The predicted molar refractivity (Wildman–Crippen MR) is 74.1 cm³/mol. The lowest BCUT2D eigenvalue weighted by atomic mass is 9.81. The Bertz CT molecular complexity index is 408. The molecule has 1 unspecified atom stereocenters. The molecule has 0 spiro atoms. The summed E-state index contributed by atoms with van der Waals surface area (Å²) in [7, 11) is 0. The standard InChI is InChI=1S/C16H23NO/c1-4-16(5-2)13(3)11-15(18)17(16)12-14-9-7-6-8-10-14/h6-10,13H,4-5,11-12H2,1-3H3. The summed E-state index contributed by atoms with van der Waals surface area (Å²) in [5, 5.41) is 0. The highest BCUT2D eigenvalue weighted by Gasteiger charge is 2.47. The summed E-state index contributed by atoms with van der Waals surface area (Å²) in [6, 6.07) is 10.3. The predicted octanol–water partition coefficient (Wildman–Crippen LogP) is 3.61. The van der Waals surface area contributed by atoms with E-state index in [0.29, 0.717) is 18.2 Å². The van der Waals surface area contributed by atoms with E-state index >= 15 is 0 Å². The zero-order valence-corrected chi connectivity index (χ0v) is 11.6. The lowest BCUT2D eigenvalue weighted by Gasteiger charge is -2.40. The largest absolute Gasteiger partial charge is 0.332 e. The summed E-state index contributed by atoms with van der Waals surface area (Å²) in [4.78, 5) is 14.4. The van der Waals surface area contributed by atoms with E-state index in [1.165, 1.54) is 5.56 Å². The van der Waals surface area contributed by atoms with Gasteiger partial charge in [0, 0.05) is 18.5 Å². The van der Waals surface area contributed by atoms with Gasteiger partial charge in [-0.1, -0.05) is 51.1 Å². The first-order valence-corrected chi connectivity index (χ1v) is 6.98. The number of rotatable bonds is 4. The Morgan fingerprint density at radius 2 is 1.83 bits per heavy atom. The molecule has 1 heterocycles. The monoisotopic (exact) mass is 245 g/mol. The minimum atomic E-state index is 0.0624. The Kier molecular flexibility index (Phi) is 3.74. The van der Waals surface area contributed by atoms with Crippen LogP contribution in [-0.4, -0.2) is 16.3 Å². The van der Waals surface area contributed by atoms with Crippen LogP contribution in [-0.2, 0) is 11.3 Å². The van der Waals surface area contributed by atoms with Crippen molar-refractivity contribution in [1.82, 2.24) is 4.90 Å². The summed E-state index contributed by atoms with van der Waals surface area (Å²) in [6.07, 6.45) is 2.79. The van der Waals surface area contributed by atoms with Gasteiger partial charge in [0.1, 0.15) is 0 Å². The molecule has 18 heavy (non-hydrogen) atoms. The van der Waals surface area contributed by atoms with Crippen LogP contribution in [0.1, 0.15) is 45.6 Å². The third-order valence-electron chi connectivity index (χ3n) is 4.64. The average Bonchev–Trinajstić information content (AvgIpc) is 2.63. The molecule has 1 amide bonds. The number of likely N-dealkylation sites (tertiary alicyclic amines) is 1. The van der Waals surface area contributed by atoms with E-state index in [1.54, 1.807) is 0 Å². The third-order valence-corrected chi connectivity index (χ3v) is 4.64. The lowest BCUT2D eigenvalue weighted by Crippen LogP contribution is -2.47. The van der Waals surface area contributed by atoms with Crippen molar-refractivity contribution < 1.29 is 4.79 Å².